The maximum absolute atomic E-state index is 6.16. The van der Waals surface area contributed by atoms with Crippen LogP contribution in [0.4, 0.5) is 0 Å². The summed E-state index contributed by atoms with van der Waals surface area (Å²) >= 11 is 1.80. The number of nitrogens with zero attached hydrogens (tertiary/aromatic N) is 2. The molecule has 1 saturated carbocycles. The van der Waals surface area contributed by atoms with Crippen LogP contribution in [0.2, 0.25) is 0 Å². The average molecular weight is 302 g/mol. The number of hydrogen-bond acceptors (Lipinski definition) is 3. The van der Waals surface area contributed by atoms with E-state index in [0.717, 1.165) is 26.2 Å². The minimum absolute atomic E-state index is 0.416. The number of rotatable bonds is 4. The predicted octanol–water partition coefficient (Wildman–Crippen LogP) is 3.23. The van der Waals surface area contributed by atoms with Gasteiger partial charge in [0.1, 0.15) is 0 Å². The minimum Gasteiger partial charge on any atom is -0.375 e. The van der Waals surface area contributed by atoms with Crippen LogP contribution in [0.15, 0.2) is 41.4 Å². The van der Waals surface area contributed by atoms with Crippen LogP contribution in [0, 0.1) is 5.92 Å². The summed E-state index contributed by atoms with van der Waals surface area (Å²) in [6.45, 7) is 4.14. The van der Waals surface area contributed by atoms with Crippen molar-refractivity contribution in [2.75, 3.05) is 13.2 Å². The molecule has 3 nitrogen and oxygen atoms in total. The van der Waals surface area contributed by atoms with Gasteiger partial charge in [0.25, 0.3) is 0 Å². The lowest BCUT2D eigenvalue weighted by Crippen LogP contribution is -2.50. The van der Waals surface area contributed by atoms with Crippen LogP contribution in [0.1, 0.15) is 18.4 Å². The van der Waals surface area contributed by atoms with Crippen LogP contribution in [0.3, 0.4) is 0 Å². The van der Waals surface area contributed by atoms with Gasteiger partial charge in [0.15, 0.2) is 0 Å². The third-order valence-corrected chi connectivity index (χ3v) is 5.64. The molecule has 3 atom stereocenters. The third-order valence-electron chi connectivity index (χ3n) is 4.91. The number of aromatic nitrogens is 1. The summed E-state index contributed by atoms with van der Waals surface area (Å²) in [5.41, 5.74) is 1.45. The highest BCUT2D eigenvalue weighted by molar-refractivity contribution is 7.07. The quantitative estimate of drug-likeness (QED) is 0.863. The Morgan fingerprint density at radius 3 is 2.95 bits per heavy atom. The third kappa shape index (κ3) is 2.80. The molecule has 0 radical (unpaired) electrons. The van der Waals surface area contributed by atoms with E-state index in [1.807, 2.05) is 0 Å². The van der Waals surface area contributed by atoms with E-state index >= 15 is 0 Å². The van der Waals surface area contributed by atoms with Crippen molar-refractivity contribution in [3.05, 3.63) is 46.9 Å². The second kappa shape index (κ2) is 5.95. The van der Waals surface area contributed by atoms with Crippen molar-refractivity contribution < 1.29 is 4.74 Å². The summed E-state index contributed by atoms with van der Waals surface area (Å²) in [4.78, 5) is 2.64. The van der Waals surface area contributed by atoms with E-state index < -0.39 is 0 Å². The molecule has 0 unspecified atom stereocenters. The fourth-order valence-electron chi connectivity index (χ4n) is 3.91. The molecule has 4 heteroatoms. The first-order chi connectivity index (χ1) is 10.4. The second-order valence-corrected chi connectivity index (χ2v) is 7.00. The molecule has 2 aliphatic rings. The number of thiophene rings is 1. The Bertz CT molecular complexity index is 551. The number of morpholine rings is 1. The Morgan fingerprint density at radius 2 is 2.14 bits per heavy atom. The molecule has 0 aromatic carbocycles. The Kier molecular flexibility index (Phi) is 3.84. The van der Waals surface area contributed by atoms with Gasteiger partial charge in [0.05, 0.1) is 12.7 Å². The number of ether oxygens (including phenoxy) is 1. The Balaban J connectivity index is 1.44. The minimum atomic E-state index is 0.416. The van der Waals surface area contributed by atoms with Gasteiger partial charge in [-0.2, -0.15) is 11.3 Å². The van der Waals surface area contributed by atoms with E-state index in [1.165, 1.54) is 18.4 Å². The van der Waals surface area contributed by atoms with Crippen LogP contribution < -0.4 is 0 Å². The van der Waals surface area contributed by atoms with Crippen LogP contribution >= 0.6 is 11.3 Å². The molecule has 1 saturated heterocycles. The molecule has 2 aromatic heterocycles. The first-order valence-corrected chi connectivity index (χ1v) is 8.82. The van der Waals surface area contributed by atoms with Crippen LogP contribution in [0.25, 0.3) is 0 Å². The molecule has 1 aliphatic carbocycles. The Hall–Kier alpha value is -1.10. The first-order valence-electron chi connectivity index (χ1n) is 7.87. The SMILES string of the molecule is c1ccn(C[C@@H]2CC[C@@H]3[C@@H]2OCCN3Cc2ccsc2)c1. The summed E-state index contributed by atoms with van der Waals surface area (Å²) in [6.07, 6.45) is 7.31. The molecule has 3 heterocycles. The van der Waals surface area contributed by atoms with E-state index in [0.29, 0.717) is 18.1 Å². The van der Waals surface area contributed by atoms with Crippen LogP contribution in [-0.4, -0.2) is 34.8 Å². The van der Waals surface area contributed by atoms with Crippen LogP contribution in [-0.2, 0) is 17.8 Å². The molecule has 0 bridgehead atoms. The van der Waals surface area contributed by atoms with Gasteiger partial charge in [0.2, 0.25) is 0 Å². The largest absolute Gasteiger partial charge is 0.375 e. The summed E-state index contributed by atoms with van der Waals surface area (Å²) in [6, 6.07) is 7.08. The van der Waals surface area contributed by atoms with E-state index in [4.69, 9.17) is 4.74 Å². The molecule has 112 valence electrons. The molecule has 4 rings (SSSR count). The molecule has 21 heavy (non-hydrogen) atoms. The zero-order valence-electron chi connectivity index (χ0n) is 12.2. The highest BCUT2D eigenvalue weighted by Gasteiger charge is 2.42. The fraction of sp³-hybridized carbons (Fsp3) is 0.529. The molecule has 2 aromatic rings. The second-order valence-electron chi connectivity index (χ2n) is 6.22. The van der Waals surface area contributed by atoms with Crippen molar-refractivity contribution in [3.8, 4) is 0 Å². The zero-order valence-corrected chi connectivity index (χ0v) is 13.0. The summed E-state index contributed by atoms with van der Waals surface area (Å²) in [5, 5.41) is 4.45. The standard InChI is InChI=1S/C17H22N2OS/c1-2-7-18(6-1)12-15-3-4-16-17(15)20-9-8-19(16)11-14-5-10-21-13-14/h1-2,5-7,10,13,15-17H,3-4,8-9,11-12H2/t15-,16+,17+/m0/s1. The number of hydrogen-bond donors (Lipinski definition) is 0. The summed E-state index contributed by atoms with van der Waals surface area (Å²) in [5.74, 6) is 0.660. The van der Waals surface area contributed by atoms with Gasteiger partial charge >= 0.3 is 0 Å². The molecular weight excluding hydrogens is 280 g/mol. The first kappa shape index (κ1) is 13.6. The molecular formula is C17H22N2OS. The van der Waals surface area contributed by atoms with Crippen molar-refractivity contribution in [2.45, 2.75) is 38.1 Å². The molecule has 0 amide bonds. The lowest BCUT2D eigenvalue weighted by Gasteiger charge is -2.39. The van der Waals surface area contributed by atoms with Gasteiger partial charge in [-0.15, -0.1) is 0 Å². The van der Waals surface area contributed by atoms with Gasteiger partial charge in [-0.1, -0.05) is 0 Å². The van der Waals surface area contributed by atoms with Gasteiger partial charge < -0.3 is 9.30 Å². The number of fused-ring (bicyclic) bond motifs is 1. The smallest absolute Gasteiger partial charge is 0.0776 e. The van der Waals surface area contributed by atoms with E-state index in [-0.39, 0.29) is 0 Å². The maximum Gasteiger partial charge on any atom is 0.0776 e. The Morgan fingerprint density at radius 1 is 1.24 bits per heavy atom. The summed E-state index contributed by atoms with van der Waals surface area (Å²) in [7, 11) is 0. The van der Waals surface area contributed by atoms with Crippen molar-refractivity contribution >= 4 is 11.3 Å². The van der Waals surface area contributed by atoms with Crippen molar-refractivity contribution in [1.82, 2.24) is 9.47 Å². The molecule has 2 fully saturated rings. The van der Waals surface area contributed by atoms with Crippen LogP contribution in [0.5, 0.6) is 0 Å². The molecule has 1 aliphatic heterocycles. The summed E-state index contributed by atoms with van der Waals surface area (Å²) < 4.78 is 8.46. The highest BCUT2D eigenvalue weighted by Crippen LogP contribution is 2.36. The zero-order chi connectivity index (χ0) is 14.1. The predicted molar refractivity (Wildman–Crippen MR) is 85.4 cm³/mol. The average Bonchev–Trinajstić information content (AvgIpc) is 3.22. The van der Waals surface area contributed by atoms with Crippen molar-refractivity contribution in [2.24, 2.45) is 5.92 Å². The van der Waals surface area contributed by atoms with E-state index in [2.05, 4.69) is 50.8 Å². The highest BCUT2D eigenvalue weighted by atomic mass is 32.1. The van der Waals surface area contributed by atoms with Gasteiger partial charge in [-0.3, -0.25) is 4.90 Å². The van der Waals surface area contributed by atoms with Crippen molar-refractivity contribution in [3.63, 3.8) is 0 Å². The van der Waals surface area contributed by atoms with E-state index in [9.17, 15) is 0 Å². The fourth-order valence-corrected chi connectivity index (χ4v) is 4.57. The monoisotopic (exact) mass is 302 g/mol. The topological polar surface area (TPSA) is 17.4 Å². The van der Waals surface area contributed by atoms with Crippen molar-refractivity contribution in [1.29, 1.82) is 0 Å². The molecule has 0 N–H and O–H groups in total. The lowest BCUT2D eigenvalue weighted by molar-refractivity contribution is -0.0785. The van der Waals surface area contributed by atoms with E-state index in [1.54, 1.807) is 11.3 Å². The Labute approximate surface area is 130 Å². The molecule has 0 spiro atoms. The van der Waals surface area contributed by atoms with Gasteiger partial charge in [-0.05, 0) is 47.4 Å². The maximum atomic E-state index is 6.16. The normalized spacial score (nSPS) is 29.6. The van der Waals surface area contributed by atoms with Gasteiger partial charge in [-0.25, -0.2) is 0 Å². The lowest BCUT2D eigenvalue weighted by atomic mass is 10.0. The van der Waals surface area contributed by atoms with Gasteiger partial charge in [0, 0.05) is 44.0 Å².